The maximum absolute atomic E-state index is 11.1. The van der Waals surface area contributed by atoms with E-state index in [0.29, 0.717) is 6.42 Å². The van der Waals surface area contributed by atoms with Crippen molar-refractivity contribution in [2.45, 2.75) is 26.3 Å². The zero-order valence-electron chi connectivity index (χ0n) is 10.5. The third-order valence-electron chi connectivity index (χ3n) is 2.22. The molecular weight excluding hydrogens is 258 g/mol. The van der Waals surface area contributed by atoms with Gasteiger partial charge in [0.25, 0.3) is 0 Å². The molecule has 0 unspecified atom stereocenters. The molecule has 1 atom stereocenters. The average molecular weight is 274 g/mol. The minimum absolute atomic E-state index is 0.135. The average Bonchev–Trinajstić information content (AvgIpc) is 2.30. The number of carbonyl (C=O) groups is 1. The number of hydrogen-bond donors (Lipinski definition) is 2. The summed E-state index contributed by atoms with van der Waals surface area (Å²) in [5.41, 5.74) is 0. The van der Waals surface area contributed by atoms with Crippen LogP contribution in [0.25, 0.3) is 0 Å². The number of anilines is 1. The number of aliphatic carboxylic acids is 1. The van der Waals surface area contributed by atoms with Gasteiger partial charge in [0.1, 0.15) is 11.1 Å². The van der Waals surface area contributed by atoms with E-state index in [0.717, 1.165) is 0 Å². The van der Waals surface area contributed by atoms with Crippen LogP contribution in [0.3, 0.4) is 0 Å². The van der Waals surface area contributed by atoms with Crippen LogP contribution in [0, 0.1) is 5.92 Å². The van der Waals surface area contributed by atoms with E-state index in [1.165, 1.54) is 13.3 Å². The van der Waals surface area contributed by atoms with E-state index >= 15 is 0 Å². The Labute approximate surface area is 110 Å². The Bertz CT molecular complexity index is 426. The van der Waals surface area contributed by atoms with Crippen molar-refractivity contribution in [3.63, 3.8) is 0 Å². The summed E-state index contributed by atoms with van der Waals surface area (Å²) in [5.74, 6) is -0.449. The molecule has 0 amide bonds. The Balaban J connectivity index is 2.89. The van der Waals surface area contributed by atoms with Gasteiger partial charge < -0.3 is 15.2 Å². The topological polar surface area (TPSA) is 84.3 Å². The summed E-state index contributed by atoms with van der Waals surface area (Å²) in [7, 11) is 1.43. The van der Waals surface area contributed by atoms with Crippen molar-refractivity contribution in [1.29, 1.82) is 0 Å². The van der Waals surface area contributed by atoms with E-state index < -0.39 is 12.0 Å². The number of nitrogens with one attached hydrogen (secondary N) is 1. The zero-order valence-corrected chi connectivity index (χ0v) is 11.2. The molecule has 0 aromatic carbocycles. The first kappa shape index (κ1) is 14.5. The van der Waals surface area contributed by atoms with E-state index in [2.05, 4.69) is 15.3 Å². The van der Waals surface area contributed by atoms with Crippen molar-refractivity contribution in [2.24, 2.45) is 5.92 Å². The number of carboxylic acid groups (broad SMARTS) is 1. The number of hydrogen-bond acceptors (Lipinski definition) is 5. The number of halogens is 1. The molecule has 6 nitrogen and oxygen atoms in total. The number of methoxy groups -OCH3 is 1. The summed E-state index contributed by atoms with van der Waals surface area (Å²) < 4.78 is 4.86. The van der Waals surface area contributed by atoms with E-state index in [4.69, 9.17) is 21.4 Å². The molecule has 0 aliphatic rings. The van der Waals surface area contributed by atoms with Gasteiger partial charge in [0.05, 0.1) is 13.3 Å². The molecule has 0 saturated heterocycles. The number of nitrogens with zero attached hydrogens (tertiary/aromatic N) is 2. The molecule has 7 heteroatoms. The van der Waals surface area contributed by atoms with Gasteiger partial charge in [-0.1, -0.05) is 25.4 Å². The molecule has 1 aromatic rings. The summed E-state index contributed by atoms with van der Waals surface area (Å²) in [6.45, 7) is 3.89. The lowest BCUT2D eigenvalue weighted by atomic mass is 10.0. The Morgan fingerprint density at radius 3 is 2.78 bits per heavy atom. The quantitative estimate of drug-likeness (QED) is 0.825. The fourth-order valence-corrected chi connectivity index (χ4v) is 1.55. The van der Waals surface area contributed by atoms with Crippen LogP contribution in [0.15, 0.2) is 6.20 Å². The van der Waals surface area contributed by atoms with Crippen LogP contribution in [0.2, 0.25) is 5.02 Å². The fraction of sp³-hybridized carbons (Fsp3) is 0.545. The van der Waals surface area contributed by atoms with Gasteiger partial charge in [-0.2, -0.15) is 4.98 Å². The molecule has 0 aliphatic carbocycles. The van der Waals surface area contributed by atoms with Gasteiger partial charge in [-0.05, 0) is 12.3 Å². The van der Waals surface area contributed by atoms with Gasteiger partial charge in [-0.25, -0.2) is 9.78 Å². The molecule has 0 bridgehead atoms. The highest BCUT2D eigenvalue weighted by atomic mass is 35.5. The Hall–Kier alpha value is -1.56. The first-order valence-corrected chi connectivity index (χ1v) is 5.87. The molecule has 1 aromatic heterocycles. The maximum atomic E-state index is 11.1. The highest BCUT2D eigenvalue weighted by molar-refractivity contribution is 6.32. The fourth-order valence-electron chi connectivity index (χ4n) is 1.41. The van der Waals surface area contributed by atoms with Crippen molar-refractivity contribution in [3.8, 4) is 6.01 Å². The Morgan fingerprint density at radius 2 is 2.28 bits per heavy atom. The standard InChI is InChI=1S/C11H16ClN3O3/c1-6(2)4-8(10(16)17)14-9-7(12)5-13-11(15-9)18-3/h5-6,8H,4H2,1-3H3,(H,16,17)(H,13,14,15)/t8-/m0/s1. The Morgan fingerprint density at radius 1 is 1.61 bits per heavy atom. The second kappa shape index (κ2) is 6.39. The first-order chi connectivity index (χ1) is 8.43. The summed E-state index contributed by atoms with van der Waals surface area (Å²) >= 11 is 5.90. The molecule has 100 valence electrons. The van der Waals surface area contributed by atoms with Crippen molar-refractivity contribution >= 4 is 23.4 Å². The van der Waals surface area contributed by atoms with Gasteiger partial charge >= 0.3 is 12.0 Å². The normalized spacial score (nSPS) is 12.3. The van der Waals surface area contributed by atoms with Crippen molar-refractivity contribution in [2.75, 3.05) is 12.4 Å². The molecular formula is C11H16ClN3O3. The molecule has 2 N–H and O–H groups in total. The molecule has 0 saturated carbocycles. The van der Waals surface area contributed by atoms with E-state index in [-0.39, 0.29) is 22.8 Å². The van der Waals surface area contributed by atoms with Crippen molar-refractivity contribution in [1.82, 2.24) is 9.97 Å². The van der Waals surface area contributed by atoms with Crippen molar-refractivity contribution < 1.29 is 14.6 Å². The minimum Gasteiger partial charge on any atom is -0.480 e. The van der Waals surface area contributed by atoms with Crippen LogP contribution in [0.1, 0.15) is 20.3 Å². The maximum Gasteiger partial charge on any atom is 0.326 e. The van der Waals surface area contributed by atoms with Gasteiger partial charge in [0.2, 0.25) is 0 Å². The van der Waals surface area contributed by atoms with Gasteiger partial charge in [-0.3, -0.25) is 0 Å². The summed E-state index contributed by atoms with van der Waals surface area (Å²) in [6, 6.07) is -0.613. The van der Waals surface area contributed by atoms with E-state index in [1.54, 1.807) is 0 Å². The predicted octanol–water partition coefficient (Wildman–Crippen LogP) is 2.05. The highest BCUT2D eigenvalue weighted by Gasteiger charge is 2.20. The molecule has 1 heterocycles. The van der Waals surface area contributed by atoms with Gasteiger partial charge in [0, 0.05) is 0 Å². The number of aromatic nitrogens is 2. The second-order valence-electron chi connectivity index (χ2n) is 4.22. The molecule has 0 radical (unpaired) electrons. The second-order valence-corrected chi connectivity index (χ2v) is 4.63. The summed E-state index contributed by atoms with van der Waals surface area (Å²) in [6.07, 6.45) is 1.84. The summed E-state index contributed by atoms with van der Waals surface area (Å²) in [4.78, 5) is 18.9. The van der Waals surface area contributed by atoms with Crippen LogP contribution in [0.5, 0.6) is 6.01 Å². The number of rotatable bonds is 6. The van der Waals surface area contributed by atoms with Gasteiger partial charge in [0.15, 0.2) is 5.82 Å². The largest absolute Gasteiger partial charge is 0.480 e. The zero-order chi connectivity index (χ0) is 13.7. The highest BCUT2D eigenvalue weighted by Crippen LogP contribution is 2.22. The molecule has 0 fully saturated rings. The first-order valence-electron chi connectivity index (χ1n) is 5.50. The van der Waals surface area contributed by atoms with Crippen LogP contribution in [-0.2, 0) is 4.79 Å². The monoisotopic (exact) mass is 273 g/mol. The minimum atomic E-state index is -0.947. The van der Waals surface area contributed by atoms with Crippen LogP contribution >= 0.6 is 11.6 Å². The predicted molar refractivity (Wildman–Crippen MR) is 68.1 cm³/mol. The number of ether oxygens (including phenoxy) is 1. The lowest BCUT2D eigenvalue weighted by Gasteiger charge is -2.17. The SMILES string of the molecule is COc1ncc(Cl)c(N[C@@H](CC(C)C)C(=O)O)n1. The van der Waals surface area contributed by atoms with Crippen molar-refractivity contribution in [3.05, 3.63) is 11.2 Å². The molecule has 0 aliphatic heterocycles. The lowest BCUT2D eigenvalue weighted by Crippen LogP contribution is -2.31. The summed E-state index contributed by atoms with van der Waals surface area (Å²) in [5, 5.41) is 12.2. The third-order valence-corrected chi connectivity index (χ3v) is 2.50. The Kier molecular flexibility index (Phi) is 5.15. The molecule has 0 spiro atoms. The van der Waals surface area contributed by atoms with E-state index in [9.17, 15) is 4.79 Å². The lowest BCUT2D eigenvalue weighted by molar-refractivity contribution is -0.138. The molecule has 1 rings (SSSR count). The molecule has 18 heavy (non-hydrogen) atoms. The number of carboxylic acids is 1. The van der Waals surface area contributed by atoms with Crippen LogP contribution < -0.4 is 10.1 Å². The van der Waals surface area contributed by atoms with E-state index in [1.807, 2.05) is 13.8 Å². The van der Waals surface area contributed by atoms with Crippen LogP contribution in [0.4, 0.5) is 5.82 Å². The third kappa shape index (κ3) is 4.03. The van der Waals surface area contributed by atoms with Gasteiger partial charge in [-0.15, -0.1) is 0 Å². The smallest absolute Gasteiger partial charge is 0.326 e. The van der Waals surface area contributed by atoms with Crippen LogP contribution in [-0.4, -0.2) is 34.2 Å².